The summed E-state index contributed by atoms with van der Waals surface area (Å²) in [4.78, 5) is 22.1. The summed E-state index contributed by atoms with van der Waals surface area (Å²) < 4.78 is 4.94. The summed E-state index contributed by atoms with van der Waals surface area (Å²) in [5.74, 6) is -0.648. The van der Waals surface area contributed by atoms with Gasteiger partial charge >= 0.3 is 0 Å². The molecule has 0 saturated carbocycles. The molecule has 0 aliphatic rings. The summed E-state index contributed by atoms with van der Waals surface area (Å²) in [6.07, 6.45) is 0. The van der Waals surface area contributed by atoms with Crippen LogP contribution in [0.2, 0.25) is 0 Å². The number of rotatable bonds is 3. The minimum Gasteiger partial charge on any atom is -0.496 e. The number of nitrogens with one attached hydrogen (secondary N) is 2. The van der Waals surface area contributed by atoms with Crippen LogP contribution in [0.3, 0.4) is 0 Å². The predicted molar refractivity (Wildman–Crippen MR) is 67.9 cm³/mol. The highest BCUT2D eigenvalue weighted by atomic mass is 16.5. The molecule has 3 N–H and O–H groups in total. The minimum atomic E-state index is -0.705. The average Bonchev–Trinajstić information content (AvgIpc) is 2.39. The van der Waals surface area contributed by atoms with Crippen molar-refractivity contribution in [3.05, 3.63) is 23.8 Å². The zero-order chi connectivity index (χ0) is 14.1. The number of hydrogen-bond acceptors (Lipinski definition) is 4. The number of hydrogen-bond donors (Lipinski definition) is 3. The van der Waals surface area contributed by atoms with Crippen LogP contribution in [0.25, 0.3) is 0 Å². The Morgan fingerprint density at radius 2 is 1.89 bits per heavy atom. The van der Waals surface area contributed by atoms with E-state index in [0.717, 1.165) is 0 Å². The molecule has 0 fully saturated rings. The molecule has 6 heteroatoms. The van der Waals surface area contributed by atoms with Gasteiger partial charge in [0, 0.05) is 12.6 Å². The van der Waals surface area contributed by atoms with E-state index in [1.807, 2.05) is 13.8 Å². The van der Waals surface area contributed by atoms with Crippen molar-refractivity contribution in [1.29, 1.82) is 0 Å². The molecule has 1 aromatic rings. The van der Waals surface area contributed by atoms with Crippen molar-refractivity contribution in [2.24, 2.45) is 0 Å². The first-order valence-electron chi connectivity index (χ1n) is 5.48. The second-order valence-electron chi connectivity index (χ2n) is 3.04. The Hall–Kier alpha value is -2.08. The highest BCUT2D eigenvalue weighted by Crippen LogP contribution is 2.22. The number of amides is 2. The van der Waals surface area contributed by atoms with Crippen LogP contribution in [0.15, 0.2) is 18.2 Å². The molecule has 100 valence electrons. The number of methoxy groups -OCH3 is 1. The highest BCUT2D eigenvalue weighted by molar-refractivity contribution is 5.98. The third kappa shape index (κ3) is 4.42. The fraction of sp³-hybridized carbons (Fsp3) is 0.333. The monoisotopic (exact) mass is 254 g/mol. The van der Waals surface area contributed by atoms with Crippen LogP contribution in [0.4, 0.5) is 5.69 Å². The van der Waals surface area contributed by atoms with Gasteiger partial charge in [-0.1, -0.05) is 13.8 Å². The third-order valence-electron chi connectivity index (χ3n) is 1.87. The van der Waals surface area contributed by atoms with E-state index in [1.54, 1.807) is 6.07 Å². The SMILES string of the molecule is CC.COc1ccc(NC(C)=O)cc1C(=O)NO. The smallest absolute Gasteiger partial charge is 0.278 e. The van der Waals surface area contributed by atoms with Gasteiger partial charge in [0.05, 0.1) is 12.7 Å². The van der Waals surface area contributed by atoms with Gasteiger partial charge in [0.2, 0.25) is 5.91 Å². The van der Waals surface area contributed by atoms with Crippen molar-refractivity contribution < 1.29 is 19.5 Å². The summed E-state index contributed by atoms with van der Waals surface area (Å²) in [5, 5.41) is 11.1. The van der Waals surface area contributed by atoms with Crippen molar-refractivity contribution in [3.63, 3.8) is 0 Å². The predicted octanol–water partition coefficient (Wildman–Crippen LogP) is 1.80. The zero-order valence-corrected chi connectivity index (χ0v) is 10.9. The maximum Gasteiger partial charge on any atom is 0.278 e. The van der Waals surface area contributed by atoms with Gasteiger partial charge in [-0.15, -0.1) is 0 Å². The molecule has 1 rings (SSSR count). The number of hydroxylamine groups is 1. The summed E-state index contributed by atoms with van der Waals surface area (Å²) >= 11 is 0. The average molecular weight is 254 g/mol. The van der Waals surface area contributed by atoms with E-state index in [0.29, 0.717) is 11.4 Å². The van der Waals surface area contributed by atoms with E-state index in [2.05, 4.69) is 5.32 Å². The Balaban J connectivity index is 0.00000137. The van der Waals surface area contributed by atoms with Gasteiger partial charge in [0.15, 0.2) is 0 Å². The number of carbonyl (C=O) groups excluding carboxylic acids is 2. The molecule has 6 nitrogen and oxygen atoms in total. The van der Waals surface area contributed by atoms with E-state index in [-0.39, 0.29) is 11.5 Å². The van der Waals surface area contributed by atoms with Crippen molar-refractivity contribution in [2.75, 3.05) is 12.4 Å². The first-order chi connectivity index (χ1) is 8.58. The van der Waals surface area contributed by atoms with Crippen molar-refractivity contribution in [3.8, 4) is 5.75 Å². The van der Waals surface area contributed by atoms with Crippen LogP contribution in [-0.4, -0.2) is 24.1 Å². The van der Waals surface area contributed by atoms with Gasteiger partial charge in [-0.3, -0.25) is 14.8 Å². The Morgan fingerprint density at radius 1 is 1.28 bits per heavy atom. The Labute approximate surface area is 106 Å². The molecule has 1 aromatic carbocycles. The van der Waals surface area contributed by atoms with E-state index >= 15 is 0 Å². The molecule has 18 heavy (non-hydrogen) atoms. The largest absolute Gasteiger partial charge is 0.496 e. The lowest BCUT2D eigenvalue weighted by molar-refractivity contribution is -0.114. The number of carbonyl (C=O) groups is 2. The molecular formula is C12H18N2O4. The van der Waals surface area contributed by atoms with Gasteiger partial charge in [-0.25, -0.2) is 5.48 Å². The van der Waals surface area contributed by atoms with Crippen LogP contribution >= 0.6 is 0 Å². The highest BCUT2D eigenvalue weighted by Gasteiger charge is 2.12. The first kappa shape index (κ1) is 15.9. The standard InChI is InChI=1S/C10H12N2O4.C2H6/c1-6(13)11-7-3-4-9(16-2)8(5-7)10(14)12-15;1-2/h3-5,15H,1-2H3,(H,11,13)(H,12,14);1-2H3. The molecule has 2 amide bonds. The molecule has 0 heterocycles. The van der Waals surface area contributed by atoms with Gasteiger partial charge < -0.3 is 10.1 Å². The number of anilines is 1. The zero-order valence-electron chi connectivity index (χ0n) is 10.9. The lowest BCUT2D eigenvalue weighted by Gasteiger charge is -2.09. The summed E-state index contributed by atoms with van der Waals surface area (Å²) in [5.41, 5.74) is 2.09. The fourth-order valence-corrected chi connectivity index (χ4v) is 1.23. The maximum atomic E-state index is 11.3. The maximum absolute atomic E-state index is 11.3. The van der Waals surface area contributed by atoms with E-state index in [9.17, 15) is 9.59 Å². The lowest BCUT2D eigenvalue weighted by Crippen LogP contribution is -2.19. The quantitative estimate of drug-likeness (QED) is 0.567. The Bertz CT molecular complexity index is 419. The molecule has 0 bridgehead atoms. The van der Waals surface area contributed by atoms with Crippen LogP contribution in [-0.2, 0) is 4.79 Å². The number of benzene rings is 1. The molecule has 0 saturated heterocycles. The van der Waals surface area contributed by atoms with Crippen molar-refractivity contribution >= 4 is 17.5 Å². The van der Waals surface area contributed by atoms with E-state index < -0.39 is 5.91 Å². The molecule has 0 aliphatic carbocycles. The summed E-state index contributed by atoms with van der Waals surface area (Å²) in [6, 6.07) is 4.52. The number of ether oxygens (including phenoxy) is 1. The van der Waals surface area contributed by atoms with Crippen LogP contribution < -0.4 is 15.5 Å². The molecule has 0 unspecified atom stereocenters. The van der Waals surface area contributed by atoms with Crippen molar-refractivity contribution in [2.45, 2.75) is 20.8 Å². The van der Waals surface area contributed by atoms with Gasteiger partial charge in [0.1, 0.15) is 5.75 Å². The van der Waals surface area contributed by atoms with Crippen molar-refractivity contribution in [1.82, 2.24) is 5.48 Å². The second-order valence-corrected chi connectivity index (χ2v) is 3.04. The molecule has 0 aromatic heterocycles. The summed E-state index contributed by atoms with van der Waals surface area (Å²) in [7, 11) is 1.40. The molecule has 0 aliphatic heterocycles. The van der Waals surface area contributed by atoms with Crippen LogP contribution in [0.1, 0.15) is 31.1 Å². The van der Waals surface area contributed by atoms with Gasteiger partial charge in [0.25, 0.3) is 5.91 Å². The van der Waals surface area contributed by atoms with Gasteiger partial charge in [-0.05, 0) is 18.2 Å². The normalized spacial score (nSPS) is 8.72. The molecular weight excluding hydrogens is 236 g/mol. The third-order valence-corrected chi connectivity index (χ3v) is 1.87. The van der Waals surface area contributed by atoms with E-state index in [4.69, 9.17) is 9.94 Å². The van der Waals surface area contributed by atoms with E-state index in [1.165, 1.54) is 31.6 Å². The summed E-state index contributed by atoms with van der Waals surface area (Å²) in [6.45, 7) is 5.36. The molecule has 0 radical (unpaired) electrons. The second kappa shape index (κ2) is 8.08. The minimum absolute atomic E-state index is 0.135. The van der Waals surface area contributed by atoms with Crippen LogP contribution in [0, 0.1) is 0 Å². The first-order valence-corrected chi connectivity index (χ1v) is 5.48. The molecule has 0 atom stereocenters. The van der Waals surface area contributed by atoms with Gasteiger partial charge in [-0.2, -0.15) is 0 Å². The Morgan fingerprint density at radius 3 is 2.33 bits per heavy atom. The fourth-order valence-electron chi connectivity index (χ4n) is 1.23. The Kier molecular flexibility index (Phi) is 7.14. The molecule has 0 spiro atoms. The topological polar surface area (TPSA) is 87.7 Å². The lowest BCUT2D eigenvalue weighted by atomic mass is 10.1. The van der Waals surface area contributed by atoms with Crippen LogP contribution in [0.5, 0.6) is 5.75 Å².